The van der Waals surface area contributed by atoms with Crippen molar-refractivity contribution in [3.05, 3.63) is 64.7 Å². The fourth-order valence-electron chi connectivity index (χ4n) is 2.34. The van der Waals surface area contributed by atoms with Gasteiger partial charge in [-0.25, -0.2) is 0 Å². The fourth-order valence-corrected chi connectivity index (χ4v) is 3.26. The van der Waals surface area contributed by atoms with Crippen LogP contribution in [0.25, 0.3) is 0 Å². The van der Waals surface area contributed by atoms with Crippen molar-refractivity contribution in [2.75, 3.05) is 12.9 Å². The van der Waals surface area contributed by atoms with Crippen LogP contribution in [-0.4, -0.2) is 18.8 Å². The first-order valence-corrected chi connectivity index (χ1v) is 9.41. The molecule has 2 aromatic carbocycles. The summed E-state index contributed by atoms with van der Waals surface area (Å²) in [5.41, 5.74) is 2.26. The molecule has 0 fully saturated rings. The van der Waals surface area contributed by atoms with Crippen LogP contribution in [0, 0.1) is 0 Å². The van der Waals surface area contributed by atoms with Crippen LogP contribution < -0.4 is 10.1 Å². The van der Waals surface area contributed by atoms with E-state index in [1.807, 2.05) is 48.5 Å². The third kappa shape index (κ3) is 5.77. The number of amides is 1. The molecule has 0 aliphatic carbocycles. The fraction of sp³-hybridized carbons (Fsp3) is 0.316. The van der Waals surface area contributed by atoms with Gasteiger partial charge in [-0.2, -0.15) is 0 Å². The molecule has 1 N–H and O–H groups in total. The standard InChI is InChI=1S/C19H22ClNO2S/c1-3-18(15-6-10-17(23-2)11-7-15)21-19(22)13-24-12-14-4-8-16(20)9-5-14/h4-11,18H,3,12-13H2,1-2H3,(H,21,22)/t18-/m0/s1. The van der Waals surface area contributed by atoms with Gasteiger partial charge < -0.3 is 10.1 Å². The Labute approximate surface area is 152 Å². The number of ether oxygens (including phenoxy) is 1. The molecule has 0 bridgehead atoms. The zero-order valence-corrected chi connectivity index (χ0v) is 15.5. The lowest BCUT2D eigenvalue weighted by Crippen LogP contribution is -2.29. The summed E-state index contributed by atoms with van der Waals surface area (Å²) in [6, 6.07) is 15.6. The van der Waals surface area contributed by atoms with Crippen LogP contribution in [0.15, 0.2) is 48.5 Å². The van der Waals surface area contributed by atoms with Gasteiger partial charge in [-0.1, -0.05) is 42.8 Å². The minimum absolute atomic E-state index is 0.0274. The molecule has 128 valence electrons. The largest absolute Gasteiger partial charge is 0.497 e. The van der Waals surface area contributed by atoms with Gasteiger partial charge in [0.15, 0.2) is 0 Å². The molecular formula is C19H22ClNO2S. The number of carbonyl (C=O) groups excluding carboxylic acids is 1. The van der Waals surface area contributed by atoms with Crippen molar-refractivity contribution >= 4 is 29.3 Å². The van der Waals surface area contributed by atoms with Gasteiger partial charge in [0.2, 0.25) is 5.91 Å². The van der Waals surface area contributed by atoms with E-state index >= 15 is 0 Å². The van der Waals surface area contributed by atoms with E-state index in [2.05, 4.69) is 12.2 Å². The van der Waals surface area contributed by atoms with Crippen LogP contribution >= 0.6 is 23.4 Å². The summed E-state index contributed by atoms with van der Waals surface area (Å²) in [4.78, 5) is 12.2. The van der Waals surface area contributed by atoms with Crippen molar-refractivity contribution in [2.24, 2.45) is 0 Å². The summed E-state index contributed by atoms with van der Waals surface area (Å²) in [7, 11) is 1.64. The molecule has 1 amide bonds. The molecule has 0 spiro atoms. The van der Waals surface area contributed by atoms with Crippen LogP contribution in [0.2, 0.25) is 5.02 Å². The lowest BCUT2D eigenvalue weighted by molar-refractivity contribution is -0.119. The number of methoxy groups -OCH3 is 1. The molecule has 3 nitrogen and oxygen atoms in total. The Morgan fingerprint density at radius 2 is 1.83 bits per heavy atom. The Kier molecular flexibility index (Phi) is 7.47. The summed E-state index contributed by atoms with van der Waals surface area (Å²) in [6.45, 7) is 2.07. The second-order valence-electron chi connectivity index (χ2n) is 5.42. The molecule has 1 atom stereocenters. The van der Waals surface area contributed by atoms with Gasteiger partial charge in [0.1, 0.15) is 5.75 Å². The van der Waals surface area contributed by atoms with E-state index < -0.39 is 0 Å². The number of carbonyl (C=O) groups is 1. The number of nitrogens with one attached hydrogen (secondary N) is 1. The summed E-state index contributed by atoms with van der Waals surface area (Å²) >= 11 is 7.47. The van der Waals surface area contributed by atoms with Gasteiger partial charge in [-0.3, -0.25) is 4.79 Å². The average Bonchev–Trinajstić information content (AvgIpc) is 2.61. The maximum atomic E-state index is 12.2. The van der Waals surface area contributed by atoms with E-state index in [9.17, 15) is 4.79 Å². The van der Waals surface area contributed by atoms with E-state index in [0.29, 0.717) is 5.75 Å². The van der Waals surface area contributed by atoms with Crippen LogP contribution in [-0.2, 0) is 10.5 Å². The summed E-state index contributed by atoms with van der Waals surface area (Å²) in [5, 5.41) is 3.82. The number of rotatable bonds is 8. The Hall–Kier alpha value is -1.65. The number of halogens is 1. The molecule has 2 rings (SSSR count). The molecule has 0 saturated carbocycles. The van der Waals surface area contributed by atoms with Crippen LogP contribution in [0.4, 0.5) is 0 Å². The van der Waals surface area contributed by atoms with Gasteiger partial charge in [-0.15, -0.1) is 11.8 Å². The Bertz CT molecular complexity index is 643. The molecule has 2 aromatic rings. The monoisotopic (exact) mass is 363 g/mol. The van der Waals surface area contributed by atoms with Crippen LogP contribution in [0.3, 0.4) is 0 Å². The lowest BCUT2D eigenvalue weighted by atomic mass is 10.0. The second kappa shape index (κ2) is 9.60. The highest BCUT2D eigenvalue weighted by molar-refractivity contribution is 7.99. The topological polar surface area (TPSA) is 38.3 Å². The molecule has 0 heterocycles. The highest BCUT2D eigenvalue weighted by Crippen LogP contribution is 2.21. The van der Waals surface area contributed by atoms with E-state index in [0.717, 1.165) is 28.5 Å². The Balaban J connectivity index is 1.81. The highest BCUT2D eigenvalue weighted by atomic mass is 35.5. The Morgan fingerprint density at radius 1 is 1.17 bits per heavy atom. The zero-order chi connectivity index (χ0) is 17.4. The molecule has 24 heavy (non-hydrogen) atoms. The van der Waals surface area contributed by atoms with Crippen molar-refractivity contribution in [3.8, 4) is 5.75 Å². The average molecular weight is 364 g/mol. The second-order valence-corrected chi connectivity index (χ2v) is 6.84. The predicted octanol–water partition coefficient (Wildman–Crippen LogP) is 4.85. The van der Waals surface area contributed by atoms with Crippen molar-refractivity contribution in [1.82, 2.24) is 5.32 Å². The molecule has 0 radical (unpaired) electrons. The number of hydrogen-bond donors (Lipinski definition) is 1. The molecule has 0 unspecified atom stereocenters. The number of hydrogen-bond acceptors (Lipinski definition) is 3. The lowest BCUT2D eigenvalue weighted by Gasteiger charge is -2.17. The normalized spacial score (nSPS) is 11.8. The summed E-state index contributed by atoms with van der Waals surface area (Å²) in [5.74, 6) is 2.11. The maximum Gasteiger partial charge on any atom is 0.230 e. The van der Waals surface area contributed by atoms with Gasteiger partial charge in [0.25, 0.3) is 0 Å². The third-order valence-corrected chi connectivity index (χ3v) is 4.93. The van der Waals surface area contributed by atoms with Crippen LogP contribution in [0.5, 0.6) is 5.75 Å². The van der Waals surface area contributed by atoms with Gasteiger partial charge in [-0.05, 0) is 41.8 Å². The van der Waals surface area contributed by atoms with Gasteiger partial charge >= 0.3 is 0 Å². The van der Waals surface area contributed by atoms with Crippen LogP contribution in [0.1, 0.15) is 30.5 Å². The predicted molar refractivity (Wildman–Crippen MR) is 102 cm³/mol. The summed E-state index contributed by atoms with van der Waals surface area (Å²) in [6.07, 6.45) is 0.847. The van der Waals surface area contributed by atoms with Crippen molar-refractivity contribution in [3.63, 3.8) is 0 Å². The molecular weight excluding hydrogens is 342 g/mol. The van der Waals surface area contributed by atoms with Gasteiger partial charge in [0.05, 0.1) is 18.9 Å². The summed E-state index contributed by atoms with van der Waals surface area (Å²) < 4.78 is 5.17. The zero-order valence-electron chi connectivity index (χ0n) is 13.9. The third-order valence-electron chi connectivity index (χ3n) is 3.68. The smallest absolute Gasteiger partial charge is 0.230 e. The van der Waals surface area contributed by atoms with Crippen molar-refractivity contribution in [1.29, 1.82) is 0 Å². The van der Waals surface area contributed by atoms with E-state index in [-0.39, 0.29) is 11.9 Å². The molecule has 0 saturated heterocycles. The van der Waals surface area contributed by atoms with E-state index in [1.54, 1.807) is 18.9 Å². The first-order valence-electron chi connectivity index (χ1n) is 7.88. The van der Waals surface area contributed by atoms with E-state index in [4.69, 9.17) is 16.3 Å². The van der Waals surface area contributed by atoms with Crippen molar-refractivity contribution in [2.45, 2.75) is 25.1 Å². The van der Waals surface area contributed by atoms with E-state index in [1.165, 1.54) is 5.56 Å². The highest BCUT2D eigenvalue weighted by Gasteiger charge is 2.12. The van der Waals surface area contributed by atoms with Crippen molar-refractivity contribution < 1.29 is 9.53 Å². The maximum absolute atomic E-state index is 12.2. The molecule has 0 aliphatic heterocycles. The first kappa shape index (κ1) is 18.7. The van der Waals surface area contributed by atoms with Gasteiger partial charge in [0, 0.05) is 10.8 Å². The quantitative estimate of drug-likeness (QED) is 0.728. The SMILES string of the molecule is CC[C@H](NC(=O)CSCc1ccc(Cl)cc1)c1ccc(OC)cc1. The molecule has 0 aromatic heterocycles. The number of benzene rings is 2. The Morgan fingerprint density at radius 3 is 2.42 bits per heavy atom. The molecule has 0 aliphatic rings. The number of thioether (sulfide) groups is 1. The molecule has 5 heteroatoms. The minimum Gasteiger partial charge on any atom is -0.497 e. The first-order chi connectivity index (χ1) is 11.6. The minimum atomic E-state index is 0.0274.